The van der Waals surface area contributed by atoms with Gasteiger partial charge >= 0.3 is 5.97 Å². The number of nitrogens with zero attached hydrogens (tertiary/aromatic N) is 3. The van der Waals surface area contributed by atoms with Gasteiger partial charge in [-0.05, 0) is 34.7 Å². The third-order valence-electron chi connectivity index (χ3n) is 2.07. The van der Waals surface area contributed by atoms with E-state index in [1.165, 1.54) is 12.1 Å². The molecule has 0 bridgehead atoms. The molecule has 0 heterocycles. The number of nitriles is 3. The van der Waals surface area contributed by atoms with E-state index in [1.54, 1.807) is 24.3 Å². The summed E-state index contributed by atoms with van der Waals surface area (Å²) in [5, 5.41) is 37.9. The minimum atomic E-state index is -1.10. The molecule has 0 aliphatic rings. The Balaban J connectivity index is 3.30. The molecule has 0 amide bonds. The number of benzene rings is 1. The van der Waals surface area contributed by atoms with E-state index in [1.807, 2.05) is 22.6 Å². The fourth-order valence-electron chi connectivity index (χ4n) is 1.21. The highest BCUT2D eigenvalue weighted by molar-refractivity contribution is 14.1. The van der Waals surface area contributed by atoms with Crippen molar-refractivity contribution in [2.24, 2.45) is 0 Å². The van der Waals surface area contributed by atoms with Gasteiger partial charge in [-0.3, -0.25) is 0 Å². The molecular weight excluding hydrogens is 359 g/mol. The average Bonchev–Trinajstić information content (AvgIpc) is 2.40. The van der Waals surface area contributed by atoms with Crippen LogP contribution in [0.1, 0.15) is 10.4 Å². The van der Waals surface area contributed by atoms with Gasteiger partial charge in [0.15, 0.2) is 5.57 Å². The molecule has 1 aromatic rings. The fraction of sp³-hybridized carbons (Fsp3) is 0. The Bertz CT molecular complexity index is 673. The van der Waals surface area contributed by atoms with Crippen LogP contribution in [0.15, 0.2) is 29.5 Å². The van der Waals surface area contributed by atoms with Crippen molar-refractivity contribution in [2.75, 3.05) is 5.32 Å². The first-order chi connectivity index (χ1) is 9.04. The van der Waals surface area contributed by atoms with E-state index in [2.05, 4.69) is 5.32 Å². The Kier molecular flexibility index (Phi) is 4.87. The summed E-state index contributed by atoms with van der Waals surface area (Å²) in [6, 6.07) is 9.36. The Morgan fingerprint density at radius 1 is 1.21 bits per heavy atom. The molecule has 0 spiro atoms. The van der Waals surface area contributed by atoms with Crippen molar-refractivity contribution in [3.63, 3.8) is 0 Å². The highest BCUT2D eigenvalue weighted by atomic mass is 127. The molecule has 0 saturated heterocycles. The minimum Gasteiger partial charge on any atom is -0.478 e. The molecule has 0 atom stereocenters. The van der Waals surface area contributed by atoms with Gasteiger partial charge in [0.1, 0.15) is 23.9 Å². The van der Waals surface area contributed by atoms with Crippen molar-refractivity contribution in [2.45, 2.75) is 0 Å². The van der Waals surface area contributed by atoms with Crippen molar-refractivity contribution in [3.8, 4) is 18.2 Å². The van der Waals surface area contributed by atoms with Gasteiger partial charge in [0.2, 0.25) is 0 Å². The maximum Gasteiger partial charge on any atom is 0.336 e. The highest BCUT2D eigenvalue weighted by Gasteiger charge is 2.13. The quantitative estimate of drug-likeness (QED) is 0.627. The number of hydrogen-bond donors (Lipinski definition) is 2. The van der Waals surface area contributed by atoms with Crippen LogP contribution in [0.2, 0.25) is 0 Å². The predicted molar refractivity (Wildman–Crippen MR) is 73.6 cm³/mol. The third-order valence-corrected chi connectivity index (χ3v) is 3.24. The number of allylic oxidation sites excluding steroid dienone is 2. The van der Waals surface area contributed by atoms with Gasteiger partial charge in [-0.15, -0.1) is 0 Å². The molecule has 92 valence electrons. The molecule has 7 heteroatoms. The first kappa shape index (κ1) is 14.5. The largest absolute Gasteiger partial charge is 0.478 e. The summed E-state index contributed by atoms with van der Waals surface area (Å²) < 4.78 is 0.385. The maximum atomic E-state index is 11.0. The van der Waals surface area contributed by atoms with Crippen LogP contribution in [-0.2, 0) is 0 Å². The molecule has 0 unspecified atom stereocenters. The molecule has 0 radical (unpaired) electrons. The third kappa shape index (κ3) is 3.21. The Hall–Kier alpha value is -2.57. The number of aromatic carboxylic acids is 1. The van der Waals surface area contributed by atoms with Crippen LogP contribution in [-0.4, -0.2) is 11.1 Å². The van der Waals surface area contributed by atoms with Crippen molar-refractivity contribution in [1.82, 2.24) is 0 Å². The van der Waals surface area contributed by atoms with Crippen LogP contribution in [0.5, 0.6) is 0 Å². The van der Waals surface area contributed by atoms with E-state index >= 15 is 0 Å². The molecule has 6 nitrogen and oxygen atoms in total. The number of anilines is 1. The SMILES string of the molecule is N#CC(C#N)=C(C#N)Nc1cccc(C(=O)O)c1I. The highest BCUT2D eigenvalue weighted by Crippen LogP contribution is 2.24. The summed E-state index contributed by atoms with van der Waals surface area (Å²) in [4.78, 5) is 11.0. The standard InChI is InChI=1S/C12H5IN4O2/c13-11-8(12(18)19)2-1-3-9(11)17-10(6-16)7(4-14)5-15/h1-3,17H,(H,18,19). The summed E-state index contributed by atoms with van der Waals surface area (Å²) in [7, 11) is 0. The van der Waals surface area contributed by atoms with E-state index in [4.69, 9.17) is 20.9 Å². The van der Waals surface area contributed by atoms with E-state index < -0.39 is 5.97 Å². The normalized spacial score (nSPS) is 8.53. The minimum absolute atomic E-state index is 0.0679. The number of rotatable bonds is 3. The molecular formula is C12H5IN4O2. The van der Waals surface area contributed by atoms with E-state index in [-0.39, 0.29) is 16.8 Å². The van der Waals surface area contributed by atoms with Crippen molar-refractivity contribution < 1.29 is 9.90 Å². The zero-order chi connectivity index (χ0) is 14.4. The van der Waals surface area contributed by atoms with Gasteiger partial charge in [0, 0.05) is 0 Å². The second kappa shape index (κ2) is 6.39. The number of carbonyl (C=O) groups is 1. The summed E-state index contributed by atoms with van der Waals surface area (Å²) in [6.07, 6.45) is 0. The lowest BCUT2D eigenvalue weighted by molar-refractivity contribution is 0.0696. The summed E-state index contributed by atoms with van der Waals surface area (Å²) in [6.45, 7) is 0. The van der Waals surface area contributed by atoms with E-state index in [0.29, 0.717) is 9.26 Å². The number of carboxylic acid groups (broad SMARTS) is 1. The van der Waals surface area contributed by atoms with Crippen LogP contribution in [0.4, 0.5) is 5.69 Å². The number of carboxylic acids is 1. The molecule has 0 saturated carbocycles. The van der Waals surface area contributed by atoms with E-state index in [0.717, 1.165) is 0 Å². The zero-order valence-corrected chi connectivity index (χ0v) is 11.5. The average molecular weight is 364 g/mol. The lowest BCUT2D eigenvalue weighted by atomic mass is 10.2. The van der Waals surface area contributed by atoms with Gasteiger partial charge in [-0.1, -0.05) is 6.07 Å². The smallest absolute Gasteiger partial charge is 0.336 e. The van der Waals surface area contributed by atoms with Gasteiger partial charge in [-0.2, -0.15) is 15.8 Å². The molecule has 0 aliphatic carbocycles. The summed E-state index contributed by atoms with van der Waals surface area (Å²) in [5.41, 5.74) is -0.164. The maximum absolute atomic E-state index is 11.0. The van der Waals surface area contributed by atoms with Gasteiger partial charge in [0.25, 0.3) is 0 Å². The molecule has 2 N–H and O–H groups in total. The fourth-order valence-corrected chi connectivity index (χ4v) is 1.94. The van der Waals surface area contributed by atoms with E-state index in [9.17, 15) is 4.79 Å². The first-order valence-corrected chi connectivity index (χ1v) is 5.86. The number of nitrogens with one attached hydrogen (secondary N) is 1. The molecule has 0 aliphatic heterocycles. The van der Waals surface area contributed by atoms with Gasteiger partial charge in [-0.25, -0.2) is 4.79 Å². The van der Waals surface area contributed by atoms with Crippen LogP contribution in [0.3, 0.4) is 0 Å². The summed E-state index contributed by atoms with van der Waals surface area (Å²) in [5.74, 6) is -1.10. The second-order valence-corrected chi connectivity index (χ2v) is 4.26. The van der Waals surface area contributed by atoms with Crippen LogP contribution in [0.25, 0.3) is 0 Å². The first-order valence-electron chi connectivity index (χ1n) is 4.78. The molecule has 0 fully saturated rings. The van der Waals surface area contributed by atoms with Crippen molar-refractivity contribution in [1.29, 1.82) is 15.8 Å². The monoisotopic (exact) mass is 364 g/mol. The lowest BCUT2D eigenvalue weighted by Gasteiger charge is -2.09. The molecule has 19 heavy (non-hydrogen) atoms. The topological polar surface area (TPSA) is 121 Å². The number of hydrogen-bond acceptors (Lipinski definition) is 5. The predicted octanol–water partition coefficient (Wildman–Crippen LogP) is 2.23. The lowest BCUT2D eigenvalue weighted by Crippen LogP contribution is -2.06. The zero-order valence-electron chi connectivity index (χ0n) is 9.31. The van der Waals surface area contributed by atoms with Crippen LogP contribution in [0, 0.1) is 37.6 Å². The van der Waals surface area contributed by atoms with Crippen LogP contribution >= 0.6 is 22.6 Å². The molecule has 1 aromatic carbocycles. The Morgan fingerprint density at radius 3 is 2.32 bits per heavy atom. The van der Waals surface area contributed by atoms with Gasteiger partial charge in [0.05, 0.1) is 14.8 Å². The Morgan fingerprint density at radius 2 is 1.84 bits per heavy atom. The molecule has 0 aromatic heterocycles. The van der Waals surface area contributed by atoms with Gasteiger partial charge < -0.3 is 10.4 Å². The second-order valence-electron chi connectivity index (χ2n) is 3.18. The van der Waals surface area contributed by atoms with Crippen molar-refractivity contribution >= 4 is 34.2 Å². The summed E-state index contributed by atoms with van der Waals surface area (Å²) >= 11 is 1.81. The van der Waals surface area contributed by atoms with Crippen LogP contribution < -0.4 is 5.32 Å². The Labute approximate surface area is 122 Å². The molecule has 1 rings (SSSR count). The van der Waals surface area contributed by atoms with Crippen molar-refractivity contribution in [3.05, 3.63) is 38.6 Å². The number of halogens is 1.